The molecule has 0 amide bonds. The summed E-state index contributed by atoms with van der Waals surface area (Å²) in [6.07, 6.45) is 3.65. The van der Waals surface area contributed by atoms with Gasteiger partial charge in [-0.15, -0.1) is 0 Å². The molecule has 6 nitrogen and oxygen atoms in total. The number of benzene rings is 2. The molecule has 0 atom stereocenters. The molecular weight excluding hydrogens is 344 g/mol. The molecule has 1 N–H and O–H groups in total. The van der Waals surface area contributed by atoms with Crippen molar-refractivity contribution in [3.8, 4) is 17.2 Å². The van der Waals surface area contributed by atoms with Gasteiger partial charge in [-0.3, -0.25) is 9.36 Å². The Morgan fingerprint density at radius 2 is 1.85 bits per heavy atom. The molecule has 0 fully saturated rings. The zero-order chi connectivity index (χ0) is 19.0. The highest BCUT2D eigenvalue weighted by atomic mass is 16.5. The molecule has 0 bridgehead atoms. The number of fused-ring (bicyclic) bond motifs is 2. The van der Waals surface area contributed by atoms with E-state index in [1.165, 1.54) is 14.2 Å². The maximum Gasteiger partial charge on any atom is 0.261 e. The van der Waals surface area contributed by atoms with E-state index < -0.39 is 0 Å². The number of phenolic OH excluding ortho intramolecular Hbond substituents is 1. The third-order valence-corrected chi connectivity index (χ3v) is 4.82. The second kappa shape index (κ2) is 6.79. The van der Waals surface area contributed by atoms with Crippen LogP contribution in [0.5, 0.6) is 17.2 Å². The number of hydrogen-bond donors (Lipinski definition) is 1. The van der Waals surface area contributed by atoms with Crippen LogP contribution in [0.2, 0.25) is 0 Å². The molecule has 2 heterocycles. The minimum Gasteiger partial charge on any atom is -0.502 e. The van der Waals surface area contributed by atoms with Crippen molar-refractivity contribution in [2.75, 3.05) is 14.2 Å². The summed E-state index contributed by atoms with van der Waals surface area (Å²) >= 11 is 0. The van der Waals surface area contributed by atoms with E-state index in [-0.39, 0.29) is 11.3 Å². The molecule has 0 spiro atoms. The molecule has 4 rings (SSSR count). The van der Waals surface area contributed by atoms with Crippen LogP contribution in [0.25, 0.3) is 22.6 Å². The normalized spacial score (nSPS) is 15.0. The van der Waals surface area contributed by atoms with E-state index in [4.69, 9.17) is 14.5 Å². The Bertz CT molecular complexity index is 1090. The molecule has 0 unspecified atom stereocenters. The van der Waals surface area contributed by atoms with Crippen molar-refractivity contribution >= 4 is 22.6 Å². The number of para-hydroxylation sites is 1. The van der Waals surface area contributed by atoms with Gasteiger partial charge in [-0.2, -0.15) is 0 Å². The largest absolute Gasteiger partial charge is 0.502 e. The van der Waals surface area contributed by atoms with Gasteiger partial charge < -0.3 is 14.6 Å². The lowest BCUT2D eigenvalue weighted by atomic mass is 10.0. The van der Waals surface area contributed by atoms with Crippen molar-refractivity contribution in [3.63, 3.8) is 0 Å². The smallest absolute Gasteiger partial charge is 0.261 e. The van der Waals surface area contributed by atoms with Crippen LogP contribution in [0.4, 0.5) is 0 Å². The van der Waals surface area contributed by atoms with Gasteiger partial charge in [0.15, 0.2) is 11.5 Å². The molecule has 1 aromatic heterocycles. The van der Waals surface area contributed by atoms with Gasteiger partial charge in [0.05, 0.1) is 25.1 Å². The van der Waals surface area contributed by atoms with E-state index in [9.17, 15) is 9.90 Å². The fourth-order valence-corrected chi connectivity index (χ4v) is 3.50. The van der Waals surface area contributed by atoms with E-state index in [0.717, 1.165) is 24.0 Å². The van der Waals surface area contributed by atoms with E-state index in [0.29, 0.717) is 34.8 Å². The molecule has 0 saturated heterocycles. The first-order valence-electron chi connectivity index (χ1n) is 8.78. The quantitative estimate of drug-likeness (QED) is 0.770. The first kappa shape index (κ1) is 17.1. The molecule has 1 aliphatic heterocycles. The Balaban J connectivity index is 1.89. The van der Waals surface area contributed by atoms with Crippen molar-refractivity contribution < 1.29 is 14.6 Å². The lowest BCUT2D eigenvalue weighted by Gasteiger charge is -2.21. The molecule has 0 aliphatic carbocycles. The summed E-state index contributed by atoms with van der Waals surface area (Å²) < 4.78 is 12.2. The van der Waals surface area contributed by atoms with Gasteiger partial charge in [-0.1, -0.05) is 12.1 Å². The molecule has 27 heavy (non-hydrogen) atoms. The summed E-state index contributed by atoms with van der Waals surface area (Å²) in [6, 6.07) is 10.9. The van der Waals surface area contributed by atoms with Gasteiger partial charge in [0.2, 0.25) is 5.75 Å². The summed E-state index contributed by atoms with van der Waals surface area (Å²) in [5, 5.41) is 10.7. The Hall–Kier alpha value is -3.28. The van der Waals surface area contributed by atoms with E-state index in [1.807, 2.05) is 30.3 Å². The zero-order valence-electron chi connectivity index (χ0n) is 15.2. The van der Waals surface area contributed by atoms with Gasteiger partial charge in [0, 0.05) is 6.54 Å². The van der Waals surface area contributed by atoms with Gasteiger partial charge in [0.25, 0.3) is 5.56 Å². The standard InChI is InChI=1S/C21H20N2O4/c1-26-17-11-13(12-18(27-2)19(17)24)10-14-6-5-9-23-20(14)22-16-8-4-3-7-15(16)21(23)25/h3-4,7-8,10-12,24H,5-6,9H2,1-2H3/b14-10+. The average molecular weight is 364 g/mol. The third-order valence-electron chi connectivity index (χ3n) is 4.82. The highest BCUT2D eigenvalue weighted by Crippen LogP contribution is 2.38. The van der Waals surface area contributed by atoms with Crippen molar-refractivity contribution in [1.82, 2.24) is 9.55 Å². The van der Waals surface area contributed by atoms with Crippen LogP contribution in [0, 0.1) is 0 Å². The number of allylic oxidation sites excluding steroid dienone is 1. The summed E-state index contributed by atoms with van der Waals surface area (Å²) in [4.78, 5) is 17.6. The van der Waals surface area contributed by atoms with Crippen LogP contribution >= 0.6 is 0 Å². The van der Waals surface area contributed by atoms with E-state index >= 15 is 0 Å². The summed E-state index contributed by atoms with van der Waals surface area (Å²) in [7, 11) is 2.99. The number of phenols is 1. The number of ether oxygens (including phenoxy) is 2. The highest BCUT2D eigenvalue weighted by molar-refractivity contribution is 5.84. The van der Waals surface area contributed by atoms with Gasteiger partial charge >= 0.3 is 0 Å². The number of aromatic hydroxyl groups is 1. The van der Waals surface area contributed by atoms with Crippen molar-refractivity contribution in [3.05, 3.63) is 58.1 Å². The van der Waals surface area contributed by atoms with Gasteiger partial charge in [-0.05, 0) is 54.3 Å². The molecule has 3 aromatic rings. The second-order valence-corrected chi connectivity index (χ2v) is 6.46. The Labute approximate surface area is 156 Å². The Kier molecular flexibility index (Phi) is 4.32. The summed E-state index contributed by atoms with van der Waals surface area (Å²) in [5.74, 6) is 1.32. The first-order valence-corrected chi connectivity index (χ1v) is 8.78. The predicted octanol–water partition coefficient (Wildman–Crippen LogP) is 3.45. The molecule has 0 radical (unpaired) electrons. The summed E-state index contributed by atoms with van der Waals surface area (Å²) in [5.41, 5.74) is 2.47. The van der Waals surface area contributed by atoms with Gasteiger partial charge in [0.1, 0.15) is 5.82 Å². The van der Waals surface area contributed by atoms with Crippen LogP contribution < -0.4 is 15.0 Å². The first-order chi connectivity index (χ1) is 13.1. The third kappa shape index (κ3) is 2.93. The maximum absolute atomic E-state index is 12.8. The number of methoxy groups -OCH3 is 2. The second-order valence-electron chi connectivity index (χ2n) is 6.46. The van der Waals surface area contributed by atoms with Crippen molar-refractivity contribution in [2.45, 2.75) is 19.4 Å². The van der Waals surface area contributed by atoms with E-state index in [1.54, 1.807) is 16.7 Å². The number of aromatic nitrogens is 2. The molecule has 2 aromatic carbocycles. The number of rotatable bonds is 3. The minimum absolute atomic E-state index is 0.0120. The van der Waals surface area contributed by atoms with E-state index in [2.05, 4.69) is 0 Å². The van der Waals surface area contributed by atoms with Crippen molar-refractivity contribution in [2.24, 2.45) is 0 Å². The Morgan fingerprint density at radius 1 is 1.15 bits per heavy atom. The minimum atomic E-state index is -0.0356. The van der Waals surface area contributed by atoms with Crippen LogP contribution in [-0.4, -0.2) is 28.9 Å². The molecule has 6 heteroatoms. The lowest BCUT2D eigenvalue weighted by Crippen LogP contribution is -2.27. The van der Waals surface area contributed by atoms with Crippen LogP contribution in [0.1, 0.15) is 24.2 Å². The highest BCUT2D eigenvalue weighted by Gasteiger charge is 2.19. The zero-order valence-corrected chi connectivity index (χ0v) is 15.2. The van der Waals surface area contributed by atoms with Gasteiger partial charge in [-0.25, -0.2) is 4.98 Å². The maximum atomic E-state index is 12.8. The lowest BCUT2D eigenvalue weighted by molar-refractivity contribution is 0.340. The number of nitrogens with zero attached hydrogens (tertiary/aromatic N) is 2. The van der Waals surface area contributed by atoms with Crippen molar-refractivity contribution in [1.29, 1.82) is 0 Å². The van der Waals surface area contributed by atoms with Crippen LogP contribution in [0.15, 0.2) is 41.2 Å². The molecular formula is C21H20N2O4. The average Bonchev–Trinajstić information content (AvgIpc) is 2.70. The van der Waals surface area contributed by atoms with Crippen LogP contribution in [0.3, 0.4) is 0 Å². The fourth-order valence-electron chi connectivity index (χ4n) is 3.50. The summed E-state index contributed by atoms with van der Waals surface area (Å²) in [6.45, 7) is 0.658. The Morgan fingerprint density at radius 3 is 2.56 bits per heavy atom. The SMILES string of the molecule is COc1cc(/C=C2\CCCn3c2nc2ccccc2c3=O)cc(OC)c1O. The topological polar surface area (TPSA) is 73.6 Å². The predicted molar refractivity (Wildman–Crippen MR) is 104 cm³/mol. The fraction of sp³-hybridized carbons (Fsp3) is 0.238. The number of hydrogen-bond acceptors (Lipinski definition) is 5. The molecule has 138 valence electrons. The molecule has 1 aliphatic rings. The molecule has 0 saturated carbocycles. The van der Waals surface area contributed by atoms with Crippen LogP contribution in [-0.2, 0) is 6.54 Å². The monoisotopic (exact) mass is 364 g/mol.